The molecule has 1 aliphatic heterocycles. The van der Waals surface area contributed by atoms with E-state index in [4.69, 9.17) is 0 Å². The second-order valence-corrected chi connectivity index (χ2v) is 6.16. The molecule has 1 fully saturated rings. The first-order chi connectivity index (χ1) is 12.2. The van der Waals surface area contributed by atoms with Crippen molar-refractivity contribution in [3.8, 4) is 0 Å². The average molecular weight is 337 g/mol. The van der Waals surface area contributed by atoms with Gasteiger partial charge in [-0.05, 0) is 31.5 Å². The van der Waals surface area contributed by atoms with Gasteiger partial charge in [-0.25, -0.2) is 14.8 Å². The van der Waals surface area contributed by atoms with Gasteiger partial charge in [0.15, 0.2) is 5.65 Å². The summed E-state index contributed by atoms with van der Waals surface area (Å²) in [4.78, 5) is 23.0. The molecule has 4 heterocycles. The number of nitrogens with one attached hydrogen (secondary N) is 3. The van der Waals surface area contributed by atoms with Gasteiger partial charge < -0.3 is 15.5 Å². The Balaban J connectivity index is 1.36. The maximum atomic E-state index is 12.3. The summed E-state index contributed by atoms with van der Waals surface area (Å²) in [6.07, 6.45) is 4.28. The smallest absolute Gasteiger partial charge is 0.319 e. The van der Waals surface area contributed by atoms with Crippen LogP contribution in [0.4, 0.5) is 16.3 Å². The molecule has 0 bridgehead atoms. The molecule has 0 radical (unpaired) electrons. The van der Waals surface area contributed by atoms with Crippen molar-refractivity contribution >= 4 is 28.6 Å². The van der Waals surface area contributed by atoms with Crippen LogP contribution in [0.25, 0.3) is 11.0 Å². The van der Waals surface area contributed by atoms with Crippen molar-refractivity contribution in [2.75, 3.05) is 23.3 Å². The number of aromatic nitrogens is 4. The maximum absolute atomic E-state index is 12.3. The zero-order valence-corrected chi connectivity index (χ0v) is 13.9. The summed E-state index contributed by atoms with van der Waals surface area (Å²) in [7, 11) is 0. The van der Waals surface area contributed by atoms with Gasteiger partial charge in [-0.15, -0.1) is 0 Å². The molecule has 1 atom stereocenters. The van der Waals surface area contributed by atoms with Crippen LogP contribution < -0.4 is 15.5 Å². The number of H-pyrrole nitrogens is 1. The molecule has 0 spiro atoms. The molecule has 2 amide bonds. The summed E-state index contributed by atoms with van der Waals surface area (Å²) in [5.74, 6) is 0.942. The molecular formula is C17H19N7O. The largest absolute Gasteiger partial charge is 0.354 e. The minimum Gasteiger partial charge on any atom is -0.354 e. The lowest BCUT2D eigenvalue weighted by Gasteiger charge is -2.17. The first-order valence-electron chi connectivity index (χ1n) is 8.23. The van der Waals surface area contributed by atoms with Crippen molar-refractivity contribution in [3.63, 3.8) is 0 Å². The molecular weight excluding hydrogens is 318 g/mol. The number of aromatic amines is 1. The molecule has 1 saturated heterocycles. The van der Waals surface area contributed by atoms with Gasteiger partial charge in [0.1, 0.15) is 5.82 Å². The van der Waals surface area contributed by atoms with Gasteiger partial charge in [0.25, 0.3) is 0 Å². The number of fused-ring (bicyclic) bond motifs is 1. The minimum atomic E-state index is -0.227. The third kappa shape index (κ3) is 3.23. The number of carbonyl (C=O) groups is 1. The normalized spacial score (nSPS) is 17.0. The Kier molecular flexibility index (Phi) is 3.93. The van der Waals surface area contributed by atoms with E-state index in [9.17, 15) is 4.79 Å². The number of urea groups is 1. The maximum Gasteiger partial charge on any atom is 0.319 e. The molecule has 3 N–H and O–H groups in total. The fraction of sp³-hybridized carbons (Fsp3) is 0.294. The highest BCUT2D eigenvalue weighted by Crippen LogP contribution is 2.19. The van der Waals surface area contributed by atoms with Crippen molar-refractivity contribution in [2.24, 2.45) is 0 Å². The topological polar surface area (TPSA) is 98.8 Å². The minimum absolute atomic E-state index is 0.0920. The number of hydrogen-bond acceptors (Lipinski definition) is 5. The van der Waals surface area contributed by atoms with E-state index in [1.807, 2.05) is 31.2 Å². The molecule has 3 aromatic rings. The van der Waals surface area contributed by atoms with E-state index in [1.165, 1.54) is 0 Å². The summed E-state index contributed by atoms with van der Waals surface area (Å²) < 4.78 is 0. The molecule has 0 aliphatic carbocycles. The highest BCUT2D eigenvalue weighted by atomic mass is 16.2. The predicted molar refractivity (Wildman–Crippen MR) is 95.6 cm³/mol. The van der Waals surface area contributed by atoms with Crippen molar-refractivity contribution in [2.45, 2.75) is 19.4 Å². The molecule has 0 unspecified atom stereocenters. The Labute approximate surface area is 144 Å². The molecule has 128 valence electrons. The zero-order chi connectivity index (χ0) is 17.2. The van der Waals surface area contributed by atoms with E-state index < -0.39 is 0 Å². The van der Waals surface area contributed by atoms with E-state index in [-0.39, 0.29) is 12.1 Å². The number of anilines is 2. The van der Waals surface area contributed by atoms with E-state index >= 15 is 0 Å². The third-order valence-corrected chi connectivity index (χ3v) is 4.35. The lowest BCUT2D eigenvalue weighted by Crippen LogP contribution is -2.39. The van der Waals surface area contributed by atoms with Gasteiger partial charge in [0.2, 0.25) is 0 Å². The fourth-order valence-corrected chi connectivity index (χ4v) is 3.07. The van der Waals surface area contributed by atoms with Crippen LogP contribution in [0.1, 0.15) is 12.1 Å². The van der Waals surface area contributed by atoms with E-state index in [0.29, 0.717) is 11.3 Å². The summed E-state index contributed by atoms with van der Waals surface area (Å²) in [5, 5.41) is 13.7. The lowest BCUT2D eigenvalue weighted by atomic mass is 10.2. The molecule has 8 nitrogen and oxygen atoms in total. The Morgan fingerprint density at radius 1 is 1.36 bits per heavy atom. The summed E-state index contributed by atoms with van der Waals surface area (Å²) >= 11 is 0. The summed E-state index contributed by atoms with van der Waals surface area (Å²) in [6, 6.07) is 7.59. The van der Waals surface area contributed by atoms with Crippen molar-refractivity contribution in [3.05, 3.63) is 42.4 Å². The molecule has 8 heteroatoms. The van der Waals surface area contributed by atoms with Crippen LogP contribution in [-0.2, 0) is 0 Å². The number of pyridine rings is 2. The van der Waals surface area contributed by atoms with Gasteiger partial charge >= 0.3 is 6.03 Å². The quantitative estimate of drug-likeness (QED) is 0.679. The van der Waals surface area contributed by atoms with Crippen LogP contribution in [0.2, 0.25) is 0 Å². The zero-order valence-electron chi connectivity index (χ0n) is 13.9. The van der Waals surface area contributed by atoms with Crippen molar-refractivity contribution in [1.29, 1.82) is 0 Å². The van der Waals surface area contributed by atoms with Gasteiger partial charge in [0, 0.05) is 36.4 Å². The molecule has 3 aromatic heterocycles. The Morgan fingerprint density at radius 2 is 2.28 bits per heavy atom. The van der Waals surface area contributed by atoms with Crippen LogP contribution in [0.5, 0.6) is 0 Å². The van der Waals surface area contributed by atoms with Crippen LogP contribution in [0.3, 0.4) is 0 Å². The highest BCUT2D eigenvalue weighted by Gasteiger charge is 2.24. The lowest BCUT2D eigenvalue weighted by molar-refractivity contribution is 0.249. The van der Waals surface area contributed by atoms with Gasteiger partial charge in [0.05, 0.1) is 11.9 Å². The number of amides is 2. The van der Waals surface area contributed by atoms with Crippen LogP contribution in [0, 0.1) is 6.92 Å². The van der Waals surface area contributed by atoms with Gasteiger partial charge in [-0.3, -0.25) is 5.10 Å². The third-order valence-electron chi connectivity index (χ3n) is 4.35. The number of carbonyl (C=O) groups excluding carboxylic acids is 1. The van der Waals surface area contributed by atoms with Crippen molar-refractivity contribution in [1.82, 2.24) is 25.5 Å². The number of nitrogens with zero attached hydrogens (tertiary/aromatic N) is 4. The standard InChI is InChI=1S/C17H19N7O/c1-11-14-8-13(9-19-16(14)23-22-11)21-17(25)20-12-5-7-24(10-12)15-4-2-3-6-18-15/h2-4,6,8-9,12H,5,7,10H2,1H3,(H,19,22,23)(H2,20,21,25)/t12-/m1/s1. The van der Waals surface area contributed by atoms with Gasteiger partial charge in [-0.2, -0.15) is 5.10 Å². The fourth-order valence-electron chi connectivity index (χ4n) is 3.07. The monoisotopic (exact) mass is 337 g/mol. The van der Waals surface area contributed by atoms with Crippen LogP contribution >= 0.6 is 0 Å². The molecule has 25 heavy (non-hydrogen) atoms. The second-order valence-electron chi connectivity index (χ2n) is 6.16. The predicted octanol–water partition coefficient (Wildman–Crippen LogP) is 2.06. The van der Waals surface area contributed by atoms with E-state index in [0.717, 1.165) is 36.4 Å². The SMILES string of the molecule is Cc1[nH]nc2ncc(NC(=O)N[C@@H]3CCN(c4ccccn4)C3)cc12. The summed E-state index contributed by atoms with van der Waals surface area (Å²) in [6.45, 7) is 3.55. The summed E-state index contributed by atoms with van der Waals surface area (Å²) in [5.41, 5.74) is 2.22. The number of aryl methyl sites for hydroxylation is 1. The second kappa shape index (κ2) is 6.39. The van der Waals surface area contributed by atoms with Gasteiger partial charge in [-0.1, -0.05) is 6.07 Å². The Hall–Kier alpha value is -3.16. The molecule has 1 aliphatic rings. The number of hydrogen-bond donors (Lipinski definition) is 3. The van der Waals surface area contributed by atoms with E-state index in [2.05, 4.69) is 35.7 Å². The molecule has 0 saturated carbocycles. The molecule has 0 aromatic carbocycles. The van der Waals surface area contributed by atoms with Crippen LogP contribution in [0.15, 0.2) is 36.7 Å². The van der Waals surface area contributed by atoms with Crippen molar-refractivity contribution < 1.29 is 4.79 Å². The Bertz CT molecular complexity index is 892. The number of rotatable bonds is 3. The highest BCUT2D eigenvalue weighted by molar-refractivity contribution is 5.92. The van der Waals surface area contributed by atoms with E-state index in [1.54, 1.807) is 12.4 Å². The van der Waals surface area contributed by atoms with Crippen LogP contribution in [-0.4, -0.2) is 45.3 Å². The average Bonchev–Trinajstić information content (AvgIpc) is 3.23. The first-order valence-corrected chi connectivity index (χ1v) is 8.23. The molecule has 4 rings (SSSR count). The Morgan fingerprint density at radius 3 is 3.12 bits per heavy atom. The first kappa shape index (κ1) is 15.4.